The summed E-state index contributed by atoms with van der Waals surface area (Å²) in [6.07, 6.45) is 3.65. The van der Waals surface area contributed by atoms with Crippen molar-refractivity contribution in [3.8, 4) is 0 Å². The van der Waals surface area contributed by atoms with Crippen LogP contribution in [0.2, 0.25) is 0 Å². The molecule has 0 unspecified atom stereocenters. The molecular formula is C20H27FN2O2. The molecule has 4 atom stereocenters. The number of rotatable bonds is 4. The van der Waals surface area contributed by atoms with Gasteiger partial charge in [0.2, 0.25) is 11.8 Å². The molecule has 1 heterocycles. The predicted molar refractivity (Wildman–Crippen MR) is 94.0 cm³/mol. The summed E-state index contributed by atoms with van der Waals surface area (Å²) in [5, 5.41) is 2.79. The molecule has 1 aromatic rings. The number of carbonyl (C=O) groups is 2. The monoisotopic (exact) mass is 346 g/mol. The van der Waals surface area contributed by atoms with Crippen LogP contribution < -0.4 is 5.32 Å². The summed E-state index contributed by atoms with van der Waals surface area (Å²) in [7, 11) is 0. The van der Waals surface area contributed by atoms with Crippen molar-refractivity contribution < 1.29 is 14.0 Å². The van der Waals surface area contributed by atoms with Gasteiger partial charge < -0.3 is 10.2 Å². The fraction of sp³-hybridized carbons (Fsp3) is 0.600. The van der Waals surface area contributed by atoms with Gasteiger partial charge in [-0.1, -0.05) is 44.9 Å². The molecule has 2 aliphatic rings. The molecule has 0 radical (unpaired) electrons. The van der Waals surface area contributed by atoms with Crippen LogP contribution in [0.4, 0.5) is 4.39 Å². The summed E-state index contributed by atoms with van der Waals surface area (Å²) in [6.45, 7) is 5.11. The highest BCUT2D eigenvalue weighted by Gasteiger charge is 2.41. The number of amides is 2. The zero-order chi connectivity index (χ0) is 18.0. The van der Waals surface area contributed by atoms with Crippen molar-refractivity contribution in [2.45, 2.75) is 52.1 Å². The third kappa shape index (κ3) is 3.86. The predicted octanol–water partition coefficient (Wildman–Crippen LogP) is 3.12. The Labute approximate surface area is 148 Å². The molecule has 136 valence electrons. The average Bonchev–Trinajstić information content (AvgIpc) is 2.98. The first-order chi connectivity index (χ1) is 12.0. The first-order valence-electron chi connectivity index (χ1n) is 9.28. The molecule has 1 saturated carbocycles. The molecule has 0 aromatic heterocycles. The molecule has 1 aliphatic carbocycles. The number of hydrogen-bond acceptors (Lipinski definition) is 2. The summed E-state index contributed by atoms with van der Waals surface area (Å²) in [6, 6.07) is 6.67. The number of hydrogen-bond donors (Lipinski definition) is 1. The first kappa shape index (κ1) is 17.9. The van der Waals surface area contributed by atoms with Crippen molar-refractivity contribution in [2.75, 3.05) is 6.54 Å². The smallest absolute Gasteiger partial charge is 0.225 e. The highest BCUT2D eigenvalue weighted by atomic mass is 19.1. The van der Waals surface area contributed by atoms with E-state index in [2.05, 4.69) is 19.2 Å². The second-order valence-electron chi connectivity index (χ2n) is 7.59. The normalized spacial score (nSPS) is 29.7. The molecule has 4 nitrogen and oxygen atoms in total. The van der Waals surface area contributed by atoms with Gasteiger partial charge in [0.15, 0.2) is 0 Å². The third-order valence-electron chi connectivity index (χ3n) is 6.00. The molecule has 0 bridgehead atoms. The van der Waals surface area contributed by atoms with E-state index in [-0.39, 0.29) is 42.6 Å². The number of benzene rings is 1. The van der Waals surface area contributed by atoms with E-state index in [9.17, 15) is 14.0 Å². The molecule has 5 heteroatoms. The Hall–Kier alpha value is -1.91. The van der Waals surface area contributed by atoms with Crippen LogP contribution in [-0.2, 0) is 16.1 Å². The molecule has 1 N–H and O–H groups in total. The Kier molecular flexibility index (Phi) is 5.40. The first-order valence-corrected chi connectivity index (χ1v) is 9.28. The third-order valence-corrected chi connectivity index (χ3v) is 6.00. The fourth-order valence-corrected chi connectivity index (χ4v) is 4.19. The maximum Gasteiger partial charge on any atom is 0.225 e. The molecule has 1 saturated heterocycles. The minimum absolute atomic E-state index is 0.0805. The molecule has 2 fully saturated rings. The Bertz CT molecular complexity index is 648. The molecule has 1 aliphatic heterocycles. The molecule has 0 spiro atoms. The van der Waals surface area contributed by atoms with E-state index in [0.29, 0.717) is 23.9 Å². The van der Waals surface area contributed by atoms with Gasteiger partial charge in [-0.3, -0.25) is 9.59 Å². The summed E-state index contributed by atoms with van der Waals surface area (Å²) in [5.41, 5.74) is 0.465. The maximum absolute atomic E-state index is 13.7. The summed E-state index contributed by atoms with van der Waals surface area (Å²) in [5.74, 6) is 0.353. The summed E-state index contributed by atoms with van der Waals surface area (Å²) in [4.78, 5) is 26.8. The zero-order valence-corrected chi connectivity index (χ0v) is 15.0. The van der Waals surface area contributed by atoms with E-state index in [1.807, 2.05) is 4.90 Å². The van der Waals surface area contributed by atoms with Crippen LogP contribution in [0.1, 0.15) is 45.1 Å². The lowest BCUT2D eigenvalue weighted by atomic mass is 9.77. The molecule has 3 rings (SSSR count). The molecule has 1 aromatic carbocycles. The maximum atomic E-state index is 13.7. The standard InChI is InChI=1S/C20H27FN2O2/c1-13-6-5-9-18(14(13)2)23-12-16(10-19(23)24)20(25)22-11-15-7-3-4-8-17(15)21/h3-4,7-8,13-14,16,18H,5-6,9-12H2,1-2H3,(H,22,25)/t13-,14-,16-,18+/m1/s1. The highest BCUT2D eigenvalue weighted by molar-refractivity contribution is 5.89. The number of likely N-dealkylation sites (tertiary alicyclic amines) is 1. The van der Waals surface area contributed by atoms with Gasteiger partial charge in [0.05, 0.1) is 5.92 Å². The van der Waals surface area contributed by atoms with Gasteiger partial charge in [-0.2, -0.15) is 0 Å². The lowest BCUT2D eigenvalue weighted by molar-refractivity contribution is -0.132. The average molecular weight is 346 g/mol. The van der Waals surface area contributed by atoms with Gasteiger partial charge in [0, 0.05) is 31.1 Å². The van der Waals surface area contributed by atoms with Crippen LogP contribution in [0.25, 0.3) is 0 Å². The van der Waals surface area contributed by atoms with E-state index in [1.54, 1.807) is 18.2 Å². The van der Waals surface area contributed by atoms with Crippen LogP contribution in [0.15, 0.2) is 24.3 Å². The minimum atomic E-state index is -0.330. The number of nitrogens with zero attached hydrogens (tertiary/aromatic N) is 1. The van der Waals surface area contributed by atoms with Gasteiger partial charge in [-0.15, -0.1) is 0 Å². The van der Waals surface area contributed by atoms with E-state index in [4.69, 9.17) is 0 Å². The van der Waals surface area contributed by atoms with Crippen molar-refractivity contribution >= 4 is 11.8 Å². The molecule has 25 heavy (non-hydrogen) atoms. The molecular weight excluding hydrogens is 319 g/mol. The highest BCUT2D eigenvalue weighted by Crippen LogP contribution is 2.35. The van der Waals surface area contributed by atoms with Gasteiger partial charge >= 0.3 is 0 Å². The Morgan fingerprint density at radius 1 is 1.28 bits per heavy atom. The summed E-state index contributed by atoms with van der Waals surface area (Å²) >= 11 is 0. The van der Waals surface area contributed by atoms with E-state index < -0.39 is 0 Å². The zero-order valence-electron chi connectivity index (χ0n) is 15.0. The lowest BCUT2D eigenvalue weighted by Crippen LogP contribution is -2.45. The second kappa shape index (κ2) is 7.54. The van der Waals surface area contributed by atoms with Crippen LogP contribution in [-0.4, -0.2) is 29.3 Å². The Morgan fingerprint density at radius 3 is 2.80 bits per heavy atom. The van der Waals surface area contributed by atoms with Crippen molar-refractivity contribution in [1.29, 1.82) is 0 Å². The minimum Gasteiger partial charge on any atom is -0.352 e. The SMILES string of the molecule is C[C@@H]1[C@H](C)CCC[C@@H]1N1C[C@H](C(=O)NCc2ccccc2F)CC1=O. The van der Waals surface area contributed by atoms with Crippen molar-refractivity contribution in [2.24, 2.45) is 17.8 Å². The quantitative estimate of drug-likeness (QED) is 0.911. The Balaban J connectivity index is 1.58. The fourth-order valence-electron chi connectivity index (χ4n) is 4.19. The summed E-state index contributed by atoms with van der Waals surface area (Å²) < 4.78 is 13.7. The van der Waals surface area contributed by atoms with Crippen LogP contribution in [0.3, 0.4) is 0 Å². The number of carbonyl (C=O) groups excluding carboxylic acids is 2. The van der Waals surface area contributed by atoms with Crippen molar-refractivity contribution in [3.63, 3.8) is 0 Å². The van der Waals surface area contributed by atoms with E-state index >= 15 is 0 Å². The molecule has 2 amide bonds. The van der Waals surface area contributed by atoms with Crippen LogP contribution in [0, 0.1) is 23.6 Å². The van der Waals surface area contributed by atoms with Crippen molar-refractivity contribution in [3.05, 3.63) is 35.6 Å². The lowest BCUT2D eigenvalue weighted by Gasteiger charge is -2.40. The number of nitrogens with one attached hydrogen (secondary N) is 1. The van der Waals surface area contributed by atoms with Crippen molar-refractivity contribution in [1.82, 2.24) is 10.2 Å². The van der Waals surface area contributed by atoms with E-state index in [0.717, 1.165) is 12.8 Å². The largest absolute Gasteiger partial charge is 0.352 e. The number of halogens is 1. The Morgan fingerprint density at radius 2 is 2.04 bits per heavy atom. The van der Waals surface area contributed by atoms with Gasteiger partial charge in [-0.25, -0.2) is 4.39 Å². The topological polar surface area (TPSA) is 49.4 Å². The van der Waals surface area contributed by atoms with Crippen LogP contribution in [0.5, 0.6) is 0 Å². The van der Waals surface area contributed by atoms with Gasteiger partial charge in [0.1, 0.15) is 5.82 Å². The van der Waals surface area contributed by atoms with Crippen LogP contribution >= 0.6 is 0 Å². The van der Waals surface area contributed by atoms with E-state index in [1.165, 1.54) is 12.5 Å². The second-order valence-corrected chi connectivity index (χ2v) is 7.59. The van der Waals surface area contributed by atoms with Gasteiger partial charge in [0.25, 0.3) is 0 Å². The van der Waals surface area contributed by atoms with Gasteiger partial charge in [-0.05, 0) is 24.3 Å².